The summed E-state index contributed by atoms with van der Waals surface area (Å²) in [7, 11) is -2.94. The SMILES string of the molecule is COP(=O)(O)OCC1CC[C@H](n2cnc3c(=O)[nH]c(N)nc32)O1. The fourth-order valence-corrected chi connectivity index (χ4v) is 2.86. The molecule has 0 aromatic carbocycles. The van der Waals surface area contributed by atoms with E-state index < -0.39 is 19.6 Å². The van der Waals surface area contributed by atoms with Crippen molar-refractivity contribution in [1.29, 1.82) is 0 Å². The third-order valence-corrected chi connectivity index (χ3v) is 4.44. The maximum atomic E-state index is 11.8. The van der Waals surface area contributed by atoms with Gasteiger partial charge in [0, 0.05) is 7.11 Å². The number of anilines is 1. The molecule has 0 saturated carbocycles. The van der Waals surface area contributed by atoms with E-state index in [1.807, 2.05) is 0 Å². The van der Waals surface area contributed by atoms with Crippen molar-refractivity contribution in [2.45, 2.75) is 25.2 Å². The van der Waals surface area contributed by atoms with Crippen molar-refractivity contribution < 1.29 is 23.2 Å². The van der Waals surface area contributed by atoms with Gasteiger partial charge in [-0.15, -0.1) is 0 Å². The smallest absolute Gasteiger partial charge is 0.369 e. The minimum absolute atomic E-state index is 0.0107. The number of aromatic nitrogens is 4. The number of phosphoric ester groups is 1. The van der Waals surface area contributed by atoms with E-state index in [0.29, 0.717) is 18.5 Å². The summed E-state index contributed by atoms with van der Waals surface area (Å²) >= 11 is 0. The van der Waals surface area contributed by atoms with Gasteiger partial charge in [0.05, 0.1) is 19.0 Å². The summed E-state index contributed by atoms with van der Waals surface area (Å²) in [6.45, 7) is -0.0824. The number of nitrogen functional groups attached to an aromatic ring is 1. The summed E-state index contributed by atoms with van der Waals surface area (Å²) < 4.78 is 27.8. The van der Waals surface area contributed by atoms with Gasteiger partial charge in [0.25, 0.3) is 5.56 Å². The number of phosphoric acid groups is 1. The highest BCUT2D eigenvalue weighted by atomic mass is 31.2. The molecule has 0 spiro atoms. The van der Waals surface area contributed by atoms with E-state index in [1.54, 1.807) is 4.57 Å². The van der Waals surface area contributed by atoms with Crippen LogP contribution < -0.4 is 11.3 Å². The number of hydrogen-bond donors (Lipinski definition) is 3. The molecule has 1 aliphatic heterocycles. The Hall–Kier alpha value is -1.78. The summed E-state index contributed by atoms with van der Waals surface area (Å²) in [5.41, 5.74) is 5.61. The number of aromatic amines is 1. The van der Waals surface area contributed by atoms with Crippen LogP contribution in [0.1, 0.15) is 19.1 Å². The van der Waals surface area contributed by atoms with Crippen LogP contribution in [0, 0.1) is 0 Å². The second-order valence-electron chi connectivity index (χ2n) is 5.01. The van der Waals surface area contributed by atoms with Crippen LogP contribution in [-0.4, -0.2) is 44.2 Å². The number of ether oxygens (including phenoxy) is 1. The molecule has 2 aromatic rings. The summed E-state index contributed by atoms with van der Waals surface area (Å²) in [4.78, 5) is 31.4. The molecule has 0 radical (unpaired) electrons. The second kappa shape index (κ2) is 6.02. The number of fused-ring (bicyclic) bond motifs is 1. The predicted molar refractivity (Wildman–Crippen MR) is 78.5 cm³/mol. The molecule has 2 unspecified atom stereocenters. The van der Waals surface area contributed by atoms with E-state index in [2.05, 4.69) is 19.5 Å². The van der Waals surface area contributed by atoms with Crippen LogP contribution in [-0.2, 0) is 18.3 Å². The molecule has 11 nitrogen and oxygen atoms in total. The van der Waals surface area contributed by atoms with Gasteiger partial charge in [-0.25, -0.2) is 9.55 Å². The quantitative estimate of drug-likeness (QED) is 0.642. The standard InChI is InChI=1S/C11H16N5O6P/c1-20-23(18,19)21-4-6-2-3-7(22-6)16-5-13-8-9(16)14-11(12)15-10(8)17/h5-7H,2-4H2,1H3,(H,18,19)(H3,12,14,15,17)/t6?,7-/m1/s1. The Balaban J connectivity index is 1.75. The van der Waals surface area contributed by atoms with E-state index in [4.69, 9.17) is 15.0 Å². The van der Waals surface area contributed by atoms with E-state index in [1.165, 1.54) is 6.33 Å². The van der Waals surface area contributed by atoms with Crippen LogP contribution in [0.15, 0.2) is 11.1 Å². The van der Waals surface area contributed by atoms with Gasteiger partial charge in [-0.05, 0) is 12.8 Å². The lowest BCUT2D eigenvalue weighted by Gasteiger charge is -2.16. The zero-order valence-corrected chi connectivity index (χ0v) is 13.1. The van der Waals surface area contributed by atoms with Gasteiger partial charge in [0.2, 0.25) is 5.95 Å². The van der Waals surface area contributed by atoms with Gasteiger partial charge in [0.1, 0.15) is 6.23 Å². The zero-order chi connectivity index (χ0) is 16.6. The highest BCUT2D eigenvalue weighted by molar-refractivity contribution is 7.47. The van der Waals surface area contributed by atoms with Crippen LogP contribution in [0.2, 0.25) is 0 Å². The monoisotopic (exact) mass is 345 g/mol. The Bertz CT molecular complexity index is 819. The lowest BCUT2D eigenvalue weighted by molar-refractivity contribution is -0.0213. The van der Waals surface area contributed by atoms with Gasteiger partial charge in [0.15, 0.2) is 11.2 Å². The first-order valence-electron chi connectivity index (χ1n) is 6.80. The molecule has 2 aromatic heterocycles. The molecule has 1 saturated heterocycles. The first-order chi connectivity index (χ1) is 10.9. The molecular weight excluding hydrogens is 329 g/mol. The molecule has 1 fully saturated rings. The van der Waals surface area contributed by atoms with Crippen molar-refractivity contribution in [2.75, 3.05) is 19.5 Å². The number of imidazole rings is 1. The van der Waals surface area contributed by atoms with Gasteiger partial charge in [-0.2, -0.15) is 4.98 Å². The Kier molecular flexibility index (Phi) is 4.21. The zero-order valence-electron chi connectivity index (χ0n) is 12.2. The topological polar surface area (TPSA) is 155 Å². The summed E-state index contributed by atoms with van der Waals surface area (Å²) in [5.74, 6) is -0.0107. The number of H-pyrrole nitrogens is 1. The van der Waals surface area contributed by atoms with Crippen molar-refractivity contribution in [1.82, 2.24) is 19.5 Å². The lowest BCUT2D eigenvalue weighted by Crippen LogP contribution is -2.17. The van der Waals surface area contributed by atoms with E-state index in [0.717, 1.165) is 7.11 Å². The largest absolute Gasteiger partial charge is 0.472 e. The predicted octanol–water partition coefficient (Wildman–Crippen LogP) is 0.143. The minimum Gasteiger partial charge on any atom is -0.369 e. The van der Waals surface area contributed by atoms with Crippen molar-refractivity contribution in [3.05, 3.63) is 16.7 Å². The van der Waals surface area contributed by atoms with E-state index in [9.17, 15) is 14.3 Å². The van der Waals surface area contributed by atoms with Crippen LogP contribution >= 0.6 is 7.82 Å². The molecule has 3 atom stereocenters. The number of nitrogens with one attached hydrogen (secondary N) is 1. The number of hydrogen-bond acceptors (Lipinski definition) is 8. The van der Waals surface area contributed by atoms with Crippen molar-refractivity contribution in [3.63, 3.8) is 0 Å². The molecule has 4 N–H and O–H groups in total. The molecule has 0 bridgehead atoms. The summed E-state index contributed by atoms with van der Waals surface area (Å²) in [6.07, 6.45) is 1.87. The highest BCUT2D eigenvalue weighted by Gasteiger charge is 2.31. The molecule has 3 heterocycles. The molecule has 0 aliphatic carbocycles. The van der Waals surface area contributed by atoms with Crippen LogP contribution in [0.4, 0.5) is 5.95 Å². The third-order valence-electron chi connectivity index (χ3n) is 3.50. The molecule has 126 valence electrons. The minimum atomic E-state index is -4.03. The second-order valence-corrected chi connectivity index (χ2v) is 6.57. The Morgan fingerprint density at radius 3 is 3.13 bits per heavy atom. The molecular formula is C11H16N5O6P. The highest BCUT2D eigenvalue weighted by Crippen LogP contribution is 2.43. The van der Waals surface area contributed by atoms with Crippen molar-refractivity contribution in [2.24, 2.45) is 0 Å². The molecule has 12 heteroatoms. The summed E-state index contributed by atoms with van der Waals surface area (Å²) in [5, 5.41) is 0. The maximum absolute atomic E-state index is 11.8. The van der Waals surface area contributed by atoms with Crippen LogP contribution in [0.25, 0.3) is 11.2 Å². The molecule has 1 aliphatic rings. The first-order valence-corrected chi connectivity index (χ1v) is 8.30. The maximum Gasteiger partial charge on any atom is 0.472 e. The average Bonchev–Trinajstić information content (AvgIpc) is 3.11. The van der Waals surface area contributed by atoms with Gasteiger partial charge in [-0.3, -0.25) is 23.4 Å². The van der Waals surface area contributed by atoms with Gasteiger partial charge >= 0.3 is 7.82 Å². The number of rotatable bonds is 5. The van der Waals surface area contributed by atoms with Crippen LogP contribution in [0.5, 0.6) is 0 Å². The Labute approximate surface area is 130 Å². The van der Waals surface area contributed by atoms with Gasteiger partial charge < -0.3 is 15.4 Å². The first kappa shape index (κ1) is 16.1. The van der Waals surface area contributed by atoms with Crippen molar-refractivity contribution in [3.8, 4) is 0 Å². The Morgan fingerprint density at radius 2 is 2.39 bits per heavy atom. The van der Waals surface area contributed by atoms with Crippen molar-refractivity contribution >= 4 is 24.9 Å². The van der Waals surface area contributed by atoms with E-state index in [-0.39, 0.29) is 24.2 Å². The Morgan fingerprint density at radius 1 is 1.61 bits per heavy atom. The molecule has 3 rings (SSSR count). The summed E-state index contributed by atoms with van der Waals surface area (Å²) in [6, 6.07) is 0. The fourth-order valence-electron chi connectivity index (χ4n) is 2.40. The van der Waals surface area contributed by atoms with Gasteiger partial charge in [-0.1, -0.05) is 0 Å². The normalized spacial score (nSPS) is 24.1. The number of nitrogens with zero attached hydrogens (tertiary/aromatic N) is 3. The third kappa shape index (κ3) is 3.28. The lowest BCUT2D eigenvalue weighted by atomic mass is 10.2. The molecule has 23 heavy (non-hydrogen) atoms. The van der Waals surface area contributed by atoms with Crippen LogP contribution in [0.3, 0.4) is 0 Å². The molecule has 0 amide bonds. The fraction of sp³-hybridized carbons (Fsp3) is 0.545. The average molecular weight is 345 g/mol. The van der Waals surface area contributed by atoms with E-state index >= 15 is 0 Å². The number of nitrogens with two attached hydrogens (primary N) is 1.